The number of hydrogen-bond donors (Lipinski definition) is 2. The van der Waals surface area contributed by atoms with Crippen molar-refractivity contribution in [3.05, 3.63) is 70.0 Å². The van der Waals surface area contributed by atoms with Crippen molar-refractivity contribution in [3.63, 3.8) is 0 Å². The largest absolute Gasteiger partial charge is 0.381 e. The summed E-state index contributed by atoms with van der Waals surface area (Å²) in [5, 5.41) is 7.24. The highest BCUT2D eigenvalue weighted by atomic mass is 35.5. The molecule has 28 heavy (non-hydrogen) atoms. The maximum atomic E-state index is 12.7. The molecule has 1 fully saturated rings. The molecular weight excluding hydrogens is 370 g/mol. The Kier molecular flexibility index (Phi) is 5.16. The first-order chi connectivity index (χ1) is 13.1. The van der Waals surface area contributed by atoms with Crippen LogP contribution in [0.15, 0.2) is 42.5 Å². The van der Waals surface area contributed by atoms with Gasteiger partial charge in [-0.15, -0.1) is 0 Å². The quantitative estimate of drug-likeness (QED) is 0.638. The second-order valence-corrected chi connectivity index (χ2v) is 9.18. The Balaban J connectivity index is 1.76. The summed E-state index contributed by atoms with van der Waals surface area (Å²) in [7, 11) is 0. The summed E-state index contributed by atoms with van der Waals surface area (Å²) in [6.45, 7) is 17.8. The van der Waals surface area contributed by atoms with Gasteiger partial charge in [0.05, 0.1) is 6.57 Å². The zero-order chi connectivity index (χ0) is 20.7. The van der Waals surface area contributed by atoms with Gasteiger partial charge in [0.25, 0.3) is 5.91 Å². The zero-order valence-corrected chi connectivity index (χ0v) is 17.7. The summed E-state index contributed by atoms with van der Waals surface area (Å²) in [6, 6.07) is 13.2. The fourth-order valence-electron chi connectivity index (χ4n) is 4.67. The van der Waals surface area contributed by atoms with Crippen molar-refractivity contribution >= 4 is 28.9 Å². The van der Waals surface area contributed by atoms with Gasteiger partial charge in [0.15, 0.2) is 0 Å². The minimum absolute atomic E-state index is 0.0179. The third-order valence-corrected chi connectivity index (χ3v) is 6.25. The van der Waals surface area contributed by atoms with E-state index >= 15 is 0 Å². The Morgan fingerprint density at radius 1 is 1.04 bits per heavy atom. The van der Waals surface area contributed by atoms with Crippen molar-refractivity contribution in [3.8, 4) is 0 Å². The predicted octanol–water partition coefficient (Wildman–Crippen LogP) is 5.84. The molecule has 2 N–H and O–H groups in total. The van der Waals surface area contributed by atoms with E-state index in [-0.39, 0.29) is 28.8 Å². The standard InChI is InChI=1S/C23H26ClN3O/c1-14-7-9-15(10-8-14)19(28)27-21-22(2,3)20(23(21,4)5)26-16-11-12-18(25-6)17(24)13-16/h7-13,20-21,26H,1-5H3,(H,27,28). The first-order valence-corrected chi connectivity index (χ1v) is 9.76. The molecule has 1 aliphatic rings. The Morgan fingerprint density at radius 2 is 1.64 bits per heavy atom. The summed E-state index contributed by atoms with van der Waals surface area (Å²) in [6.07, 6.45) is 0. The third-order valence-electron chi connectivity index (χ3n) is 5.94. The normalized spacial score (nSPS) is 21.9. The van der Waals surface area contributed by atoms with Gasteiger partial charge in [-0.2, -0.15) is 0 Å². The van der Waals surface area contributed by atoms with Crippen LogP contribution in [0.3, 0.4) is 0 Å². The summed E-state index contributed by atoms with van der Waals surface area (Å²) in [4.78, 5) is 16.1. The maximum absolute atomic E-state index is 12.7. The lowest BCUT2D eigenvalue weighted by Gasteiger charge is -2.64. The van der Waals surface area contributed by atoms with E-state index in [4.69, 9.17) is 18.2 Å². The monoisotopic (exact) mass is 395 g/mol. The van der Waals surface area contributed by atoms with Crippen LogP contribution < -0.4 is 10.6 Å². The molecule has 0 saturated heterocycles. The summed E-state index contributed by atoms with van der Waals surface area (Å²) in [5.74, 6) is -0.0472. The van der Waals surface area contributed by atoms with E-state index in [1.54, 1.807) is 12.1 Å². The molecule has 2 aromatic carbocycles. The van der Waals surface area contributed by atoms with Crippen molar-refractivity contribution in [1.29, 1.82) is 0 Å². The molecule has 4 nitrogen and oxygen atoms in total. The number of amides is 1. The molecule has 0 radical (unpaired) electrons. The minimum Gasteiger partial charge on any atom is -0.381 e. The van der Waals surface area contributed by atoms with Gasteiger partial charge in [0, 0.05) is 39.2 Å². The highest BCUT2D eigenvalue weighted by molar-refractivity contribution is 6.33. The fraction of sp³-hybridized carbons (Fsp3) is 0.391. The second-order valence-electron chi connectivity index (χ2n) is 8.77. The number of halogens is 1. The summed E-state index contributed by atoms with van der Waals surface area (Å²) >= 11 is 6.18. The highest BCUT2D eigenvalue weighted by Crippen LogP contribution is 2.55. The third kappa shape index (κ3) is 3.47. The van der Waals surface area contributed by atoms with E-state index in [9.17, 15) is 4.79 Å². The summed E-state index contributed by atoms with van der Waals surface area (Å²) in [5.41, 5.74) is 2.82. The van der Waals surface area contributed by atoms with Gasteiger partial charge >= 0.3 is 0 Å². The number of carbonyl (C=O) groups is 1. The van der Waals surface area contributed by atoms with Gasteiger partial charge in [-0.25, -0.2) is 4.85 Å². The lowest BCUT2D eigenvalue weighted by molar-refractivity contribution is -0.0554. The number of carbonyl (C=O) groups excluding carboxylic acids is 1. The van der Waals surface area contributed by atoms with E-state index in [0.29, 0.717) is 16.3 Å². The number of hydrogen-bond acceptors (Lipinski definition) is 2. The first-order valence-electron chi connectivity index (χ1n) is 9.38. The lowest BCUT2D eigenvalue weighted by atomic mass is 9.48. The predicted molar refractivity (Wildman–Crippen MR) is 115 cm³/mol. The van der Waals surface area contributed by atoms with E-state index in [1.165, 1.54) is 0 Å². The smallest absolute Gasteiger partial charge is 0.251 e. The molecule has 0 atom stereocenters. The number of aryl methyl sites for hydroxylation is 1. The SMILES string of the molecule is [C-]#[N+]c1ccc(NC2C(C)(C)C(NC(=O)c3ccc(C)cc3)C2(C)C)cc1Cl. The molecule has 0 bridgehead atoms. The average molecular weight is 396 g/mol. The van der Waals surface area contributed by atoms with Crippen LogP contribution in [-0.4, -0.2) is 18.0 Å². The molecule has 2 aromatic rings. The first kappa shape index (κ1) is 20.2. The van der Waals surface area contributed by atoms with E-state index in [0.717, 1.165) is 11.3 Å². The Morgan fingerprint density at radius 3 is 2.18 bits per heavy atom. The van der Waals surface area contributed by atoms with Crippen LogP contribution in [0, 0.1) is 24.3 Å². The number of nitrogens with one attached hydrogen (secondary N) is 2. The van der Waals surface area contributed by atoms with Gasteiger partial charge in [-0.3, -0.25) is 4.79 Å². The molecule has 5 heteroatoms. The average Bonchev–Trinajstić information content (AvgIpc) is 2.64. The summed E-state index contributed by atoms with van der Waals surface area (Å²) < 4.78 is 0. The van der Waals surface area contributed by atoms with Gasteiger partial charge in [-0.05, 0) is 31.2 Å². The Hall–Kier alpha value is -2.51. The highest BCUT2D eigenvalue weighted by Gasteiger charge is 2.62. The topological polar surface area (TPSA) is 45.5 Å². The number of nitrogens with zero attached hydrogens (tertiary/aromatic N) is 1. The van der Waals surface area contributed by atoms with Crippen molar-refractivity contribution in [2.75, 3.05) is 5.32 Å². The molecule has 146 valence electrons. The van der Waals surface area contributed by atoms with Crippen molar-refractivity contribution in [1.82, 2.24) is 5.32 Å². The minimum atomic E-state index is -0.158. The Bertz CT molecular complexity index is 925. The molecule has 0 heterocycles. The number of benzene rings is 2. The van der Waals surface area contributed by atoms with Crippen LogP contribution in [0.4, 0.5) is 11.4 Å². The van der Waals surface area contributed by atoms with Crippen LogP contribution in [0.25, 0.3) is 4.85 Å². The van der Waals surface area contributed by atoms with Gasteiger partial charge in [-0.1, -0.05) is 63.1 Å². The zero-order valence-electron chi connectivity index (χ0n) is 16.9. The molecule has 1 amide bonds. The van der Waals surface area contributed by atoms with Crippen LogP contribution in [-0.2, 0) is 0 Å². The van der Waals surface area contributed by atoms with Crippen molar-refractivity contribution in [2.45, 2.75) is 46.7 Å². The van der Waals surface area contributed by atoms with Gasteiger partial charge in [0.1, 0.15) is 0 Å². The van der Waals surface area contributed by atoms with E-state index < -0.39 is 0 Å². The van der Waals surface area contributed by atoms with Crippen molar-refractivity contribution in [2.24, 2.45) is 10.8 Å². The molecule has 0 aliphatic heterocycles. The van der Waals surface area contributed by atoms with Crippen molar-refractivity contribution < 1.29 is 4.79 Å². The molecule has 1 saturated carbocycles. The second kappa shape index (κ2) is 7.14. The Labute approximate surface area is 172 Å². The maximum Gasteiger partial charge on any atom is 0.251 e. The molecular formula is C23H26ClN3O. The molecule has 3 rings (SSSR count). The van der Waals surface area contributed by atoms with Crippen LogP contribution in [0.2, 0.25) is 5.02 Å². The van der Waals surface area contributed by atoms with Crippen LogP contribution in [0.1, 0.15) is 43.6 Å². The molecule has 0 unspecified atom stereocenters. The molecule has 1 aliphatic carbocycles. The number of anilines is 1. The molecule has 0 aromatic heterocycles. The number of rotatable bonds is 4. The molecule has 0 spiro atoms. The van der Waals surface area contributed by atoms with Gasteiger partial charge in [0.2, 0.25) is 5.69 Å². The lowest BCUT2D eigenvalue weighted by Crippen LogP contribution is -2.75. The van der Waals surface area contributed by atoms with Gasteiger partial charge < -0.3 is 10.6 Å². The fourth-order valence-corrected chi connectivity index (χ4v) is 4.89. The van der Waals surface area contributed by atoms with E-state index in [2.05, 4.69) is 43.2 Å². The van der Waals surface area contributed by atoms with Crippen LogP contribution >= 0.6 is 11.6 Å². The van der Waals surface area contributed by atoms with Crippen LogP contribution in [0.5, 0.6) is 0 Å². The van der Waals surface area contributed by atoms with E-state index in [1.807, 2.05) is 37.3 Å².